The molecule has 0 radical (unpaired) electrons. The van der Waals surface area contributed by atoms with E-state index in [9.17, 15) is 9.90 Å². The predicted molar refractivity (Wildman–Crippen MR) is 97.2 cm³/mol. The third kappa shape index (κ3) is 3.80. The molecular weight excluding hydrogens is 353 g/mol. The van der Waals surface area contributed by atoms with Crippen LogP contribution in [0.2, 0.25) is 0 Å². The molecule has 3 heterocycles. The number of aliphatic hydroxyl groups is 1. The molecule has 3 rings (SSSR count). The molecule has 1 saturated heterocycles. The first-order valence-corrected chi connectivity index (χ1v) is 7.45. The van der Waals surface area contributed by atoms with Crippen molar-refractivity contribution in [3.8, 4) is 0 Å². The second kappa shape index (κ2) is 8.11. The highest BCUT2D eigenvalue weighted by molar-refractivity contribution is 5.98. The average Bonchev–Trinajstić information content (AvgIpc) is 3.00. The highest BCUT2D eigenvalue weighted by Gasteiger charge is 2.25. The van der Waals surface area contributed by atoms with E-state index in [1.165, 1.54) is 0 Å². The van der Waals surface area contributed by atoms with Gasteiger partial charge in [-0.1, -0.05) is 0 Å². The van der Waals surface area contributed by atoms with Crippen LogP contribution >= 0.6 is 24.8 Å². The average molecular weight is 376 g/mol. The van der Waals surface area contributed by atoms with Gasteiger partial charge in [-0.3, -0.25) is 9.48 Å². The summed E-state index contributed by atoms with van der Waals surface area (Å²) in [5, 5.41) is 21.0. The van der Waals surface area contributed by atoms with Crippen LogP contribution in [0, 0.1) is 19.8 Å². The van der Waals surface area contributed by atoms with Crippen molar-refractivity contribution < 1.29 is 9.90 Å². The highest BCUT2D eigenvalue weighted by atomic mass is 35.5. The fourth-order valence-electron chi connectivity index (χ4n) is 2.91. The van der Waals surface area contributed by atoms with Crippen LogP contribution < -0.4 is 10.6 Å². The number of nitrogens with one attached hydrogen (secondary N) is 2. The van der Waals surface area contributed by atoms with Crippen molar-refractivity contribution in [3.05, 3.63) is 23.0 Å². The Morgan fingerprint density at radius 2 is 2.08 bits per heavy atom. The number of pyridine rings is 1. The summed E-state index contributed by atoms with van der Waals surface area (Å²) in [6, 6.07) is 1.85. The fraction of sp³-hybridized carbons (Fsp3) is 0.533. The Balaban J connectivity index is 0.00000144. The molecule has 1 amide bonds. The molecule has 0 aromatic carbocycles. The Kier molecular flexibility index (Phi) is 6.97. The maximum atomic E-state index is 12.4. The summed E-state index contributed by atoms with van der Waals surface area (Å²) in [5.74, 6) is -0.102. The van der Waals surface area contributed by atoms with Gasteiger partial charge in [0, 0.05) is 38.0 Å². The smallest absolute Gasteiger partial charge is 0.253 e. The van der Waals surface area contributed by atoms with Crippen LogP contribution in [0.4, 0.5) is 0 Å². The summed E-state index contributed by atoms with van der Waals surface area (Å²) in [6.07, 6.45) is -0.400. The third-order valence-electron chi connectivity index (χ3n) is 4.26. The minimum absolute atomic E-state index is 0. The van der Waals surface area contributed by atoms with E-state index in [-0.39, 0.29) is 36.6 Å². The number of amides is 1. The first kappa shape index (κ1) is 20.6. The second-order valence-electron chi connectivity index (χ2n) is 5.90. The van der Waals surface area contributed by atoms with Gasteiger partial charge in [-0.2, -0.15) is 5.10 Å². The summed E-state index contributed by atoms with van der Waals surface area (Å²) >= 11 is 0. The number of hydrogen-bond acceptors (Lipinski definition) is 5. The Morgan fingerprint density at radius 1 is 1.38 bits per heavy atom. The zero-order valence-electron chi connectivity index (χ0n) is 13.9. The first-order valence-electron chi connectivity index (χ1n) is 7.45. The van der Waals surface area contributed by atoms with Gasteiger partial charge in [0.05, 0.1) is 23.1 Å². The number of fused-ring (bicyclic) bond motifs is 1. The molecule has 0 bridgehead atoms. The van der Waals surface area contributed by atoms with Gasteiger partial charge in [0.2, 0.25) is 0 Å². The molecule has 24 heavy (non-hydrogen) atoms. The van der Waals surface area contributed by atoms with Crippen molar-refractivity contribution in [1.82, 2.24) is 25.4 Å². The normalized spacial score (nSPS) is 19.7. The lowest BCUT2D eigenvalue weighted by Gasteiger charge is -2.14. The molecule has 2 aromatic rings. The van der Waals surface area contributed by atoms with Gasteiger partial charge in [0.25, 0.3) is 5.91 Å². The third-order valence-corrected chi connectivity index (χ3v) is 4.26. The Labute approximate surface area is 153 Å². The molecule has 0 spiro atoms. The van der Waals surface area contributed by atoms with Crippen LogP contribution in [0.3, 0.4) is 0 Å². The van der Waals surface area contributed by atoms with Gasteiger partial charge in [0.1, 0.15) is 0 Å². The van der Waals surface area contributed by atoms with Crippen molar-refractivity contribution in [1.29, 1.82) is 0 Å². The summed E-state index contributed by atoms with van der Waals surface area (Å²) in [7, 11) is 1.84. The number of halogens is 2. The van der Waals surface area contributed by atoms with Gasteiger partial charge in [-0.15, -0.1) is 24.8 Å². The fourth-order valence-corrected chi connectivity index (χ4v) is 2.91. The topological polar surface area (TPSA) is 92.1 Å². The summed E-state index contributed by atoms with van der Waals surface area (Å²) in [5.41, 5.74) is 2.87. The van der Waals surface area contributed by atoms with E-state index in [1.54, 1.807) is 4.68 Å². The molecule has 2 aromatic heterocycles. The SMILES string of the molecule is Cc1nc2c(cc1C(=O)NCC1CNCC1O)c(C)nn2C.Cl.Cl. The maximum absolute atomic E-state index is 12.4. The summed E-state index contributed by atoms with van der Waals surface area (Å²) in [4.78, 5) is 16.9. The van der Waals surface area contributed by atoms with E-state index in [0.717, 1.165) is 23.3 Å². The number of carbonyl (C=O) groups excluding carboxylic acids is 1. The minimum Gasteiger partial charge on any atom is -0.391 e. The Bertz CT molecular complexity index is 734. The van der Waals surface area contributed by atoms with Crippen LogP contribution in [0.1, 0.15) is 21.7 Å². The van der Waals surface area contributed by atoms with Gasteiger partial charge in [-0.05, 0) is 19.9 Å². The monoisotopic (exact) mass is 375 g/mol. The molecule has 1 aliphatic heterocycles. The molecule has 0 saturated carbocycles. The molecule has 0 aliphatic carbocycles. The molecule has 7 nitrogen and oxygen atoms in total. The zero-order chi connectivity index (χ0) is 15.9. The number of hydrogen-bond donors (Lipinski definition) is 3. The highest BCUT2D eigenvalue weighted by Crippen LogP contribution is 2.19. The summed E-state index contributed by atoms with van der Waals surface area (Å²) in [6.45, 7) is 5.49. The van der Waals surface area contributed by atoms with Crippen LogP contribution in [0.25, 0.3) is 11.0 Å². The largest absolute Gasteiger partial charge is 0.391 e. The lowest BCUT2D eigenvalue weighted by atomic mass is 10.1. The standard InChI is InChI=1S/C15H21N5O2.2ClH/c1-8-12(4-11-9(2)19-20(3)14(11)18-8)15(22)17-6-10-5-16-7-13(10)21;;/h4,10,13,16,21H,5-7H2,1-3H3,(H,17,22);2*1H. The number of aryl methyl sites for hydroxylation is 3. The van der Waals surface area contributed by atoms with Gasteiger partial charge in [-0.25, -0.2) is 4.98 Å². The molecule has 134 valence electrons. The molecule has 3 N–H and O–H groups in total. The molecule has 9 heteroatoms. The van der Waals surface area contributed by atoms with Gasteiger partial charge in [0.15, 0.2) is 5.65 Å². The lowest BCUT2D eigenvalue weighted by molar-refractivity contribution is 0.0926. The number of aromatic nitrogens is 3. The van der Waals surface area contributed by atoms with E-state index in [1.807, 2.05) is 27.0 Å². The van der Waals surface area contributed by atoms with Crippen molar-refractivity contribution in [2.75, 3.05) is 19.6 Å². The van der Waals surface area contributed by atoms with Gasteiger partial charge >= 0.3 is 0 Å². The number of β-amino-alcohol motifs (C(OH)–C–C–N with tert-alkyl or cyclic N) is 1. The number of rotatable bonds is 3. The Hall–Kier alpha value is -1.41. The molecule has 1 aliphatic rings. The molecular formula is C15H23Cl2N5O2. The van der Waals surface area contributed by atoms with Crippen molar-refractivity contribution >= 4 is 41.8 Å². The first-order chi connectivity index (χ1) is 10.5. The van der Waals surface area contributed by atoms with Crippen LogP contribution in [-0.4, -0.2) is 51.5 Å². The van der Waals surface area contributed by atoms with Gasteiger partial charge < -0.3 is 15.7 Å². The van der Waals surface area contributed by atoms with Crippen molar-refractivity contribution in [2.24, 2.45) is 13.0 Å². The second-order valence-corrected chi connectivity index (χ2v) is 5.90. The van der Waals surface area contributed by atoms with Crippen molar-refractivity contribution in [3.63, 3.8) is 0 Å². The van der Waals surface area contributed by atoms with E-state index in [0.29, 0.717) is 24.3 Å². The van der Waals surface area contributed by atoms with Crippen LogP contribution in [-0.2, 0) is 7.05 Å². The number of aliphatic hydroxyl groups excluding tert-OH is 1. The molecule has 2 atom stereocenters. The lowest BCUT2D eigenvalue weighted by Crippen LogP contribution is -2.34. The van der Waals surface area contributed by atoms with E-state index in [2.05, 4.69) is 20.7 Å². The maximum Gasteiger partial charge on any atom is 0.253 e. The number of carbonyl (C=O) groups is 1. The summed E-state index contributed by atoms with van der Waals surface area (Å²) < 4.78 is 1.72. The number of nitrogens with zero attached hydrogens (tertiary/aromatic N) is 3. The van der Waals surface area contributed by atoms with E-state index < -0.39 is 6.10 Å². The Morgan fingerprint density at radius 3 is 2.71 bits per heavy atom. The minimum atomic E-state index is -0.400. The predicted octanol–water partition coefficient (Wildman–Crippen LogP) is 0.739. The van der Waals surface area contributed by atoms with E-state index >= 15 is 0 Å². The van der Waals surface area contributed by atoms with Crippen LogP contribution in [0.5, 0.6) is 0 Å². The zero-order valence-corrected chi connectivity index (χ0v) is 15.5. The quantitative estimate of drug-likeness (QED) is 0.735. The molecule has 2 unspecified atom stereocenters. The van der Waals surface area contributed by atoms with Crippen LogP contribution in [0.15, 0.2) is 6.07 Å². The van der Waals surface area contributed by atoms with E-state index in [4.69, 9.17) is 0 Å². The van der Waals surface area contributed by atoms with Crippen molar-refractivity contribution in [2.45, 2.75) is 20.0 Å². The molecule has 1 fully saturated rings.